The SMILES string of the molecule is O=C(O)C[C@@H]1CCN(C(=O)c2cccc(F)c2)C[C@@H]1Cc1nc2ccccc2[nH]1. The number of nitrogens with one attached hydrogen (secondary N) is 1. The van der Waals surface area contributed by atoms with Crippen molar-refractivity contribution >= 4 is 22.9 Å². The maximum atomic E-state index is 13.5. The predicted molar refractivity (Wildman–Crippen MR) is 106 cm³/mol. The fourth-order valence-electron chi connectivity index (χ4n) is 4.14. The molecule has 2 heterocycles. The molecule has 2 aromatic carbocycles. The van der Waals surface area contributed by atoms with Gasteiger partial charge in [0.15, 0.2) is 0 Å². The lowest BCUT2D eigenvalue weighted by atomic mass is 9.81. The second-order valence-electron chi connectivity index (χ2n) is 7.57. The van der Waals surface area contributed by atoms with E-state index in [0.717, 1.165) is 16.9 Å². The van der Waals surface area contributed by atoms with Crippen LogP contribution in [0.2, 0.25) is 0 Å². The van der Waals surface area contributed by atoms with Crippen LogP contribution in [0.5, 0.6) is 0 Å². The predicted octanol–water partition coefficient (Wildman–Crippen LogP) is 3.50. The van der Waals surface area contributed by atoms with E-state index in [1.54, 1.807) is 11.0 Å². The number of piperidine rings is 1. The molecule has 2 N–H and O–H groups in total. The summed E-state index contributed by atoms with van der Waals surface area (Å²) in [4.78, 5) is 33.8. The number of H-pyrrole nitrogens is 1. The lowest BCUT2D eigenvalue weighted by molar-refractivity contribution is -0.139. The Morgan fingerprint density at radius 1 is 1.17 bits per heavy atom. The van der Waals surface area contributed by atoms with Crippen LogP contribution in [0.3, 0.4) is 0 Å². The zero-order chi connectivity index (χ0) is 20.4. The van der Waals surface area contributed by atoms with Crippen LogP contribution in [0.4, 0.5) is 4.39 Å². The molecule has 1 aliphatic heterocycles. The van der Waals surface area contributed by atoms with Crippen molar-refractivity contribution in [1.29, 1.82) is 0 Å². The molecular formula is C22H22FN3O3. The number of para-hydroxylation sites is 2. The summed E-state index contributed by atoms with van der Waals surface area (Å²) >= 11 is 0. The highest BCUT2D eigenvalue weighted by molar-refractivity contribution is 5.94. The molecule has 2 atom stereocenters. The molecule has 150 valence electrons. The van der Waals surface area contributed by atoms with Crippen molar-refractivity contribution in [2.45, 2.75) is 19.3 Å². The van der Waals surface area contributed by atoms with Gasteiger partial charge in [0.1, 0.15) is 11.6 Å². The van der Waals surface area contributed by atoms with Gasteiger partial charge in [-0.15, -0.1) is 0 Å². The molecule has 0 radical (unpaired) electrons. The Balaban J connectivity index is 1.55. The quantitative estimate of drug-likeness (QED) is 0.692. The second kappa shape index (κ2) is 8.03. The highest BCUT2D eigenvalue weighted by Gasteiger charge is 2.33. The zero-order valence-electron chi connectivity index (χ0n) is 15.8. The van der Waals surface area contributed by atoms with Crippen LogP contribution in [0.25, 0.3) is 11.0 Å². The summed E-state index contributed by atoms with van der Waals surface area (Å²) in [6.07, 6.45) is 1.21. The van der Waals surface area contributed by atoms with Crippen molar-refractivity contribution in [2.75, 3.05) is 13.1 Å². The number of aromatic nitrogens is 2. The first kappa shape index (κ1) is 19.1. The summed E-state index contributed by atoms with van der Waals surface area (Å²) in [5, 5.41) is 9.30. The molecule has 3 aromatic rings. The van der Waals surface area contributed by atoms with Crippen LogP contribution in [0, 0.1) is 17.7 Å². The fraction of sp³-hybridized carbons (Fsp3) is 0.318. The van der Waals surface area contributed by atoms with Crippen LogP contribution in [-0.4, -0.2) is 44.9 Å². The number of carbonyl (C=O) groups is 2. The molecular weight excluding hydrogens is 373 g/mol. The second-order valence-corrected chi connectivity index (χ2v) is 7.57. The summed E-state index contributed by atoms with van der Waals surface area (Å²) in [6.45, 7) is 0.883. The Bertz CT molecular complexity index is 1020. The van der Waals surface area contributed by atoms with E-state index in [-0.39, 0.29) is 24.2 Å². The van der Waals surface area contributed by atoms with E-state index < -0.39 is 11.8 Å². The van der Waals surface area contributed by atoms with Crippen molar-refractivity contribution in [3.8, 4) is 0 Å². The van der Waals surface area contributed by atoms with Crippen molar-refractivity contribution in [3.63, 3.8) is 0 Å². The maximum absolute atomic E-state index is 13.5. The zero-order valence-corrected chi connectivity index (χ0v) is 15.8. The van der Waals surface area contributed by atoms with E-state index in [9.17, 15) is 19.1 Å². The molecule has 0 bridgehead atoms. The monoisotopic (exact) mass is 395 g/mol. The van der Waals surface area contributed by atoms with Crippen molar-refractivity contribution in [2.24, 2.45) is 11.8 Å². The number of nitrogens with zero attached hydrogens (tertiary/aromatic N) is 2. The van der Waals surface area contributed by atoms with Crippen LogP contribution in [0.15, 0.2) is 48.5 Å². The molecule has 29 heavy (non-hydrogen) atoms. The van der Waals surface area contributed by atoms with Gasteiger partial charge < -0.3 is 15.0 Å². The lowest BCUT2D eigenvalue weighted by Crippen LogP contribution is -2.45. The molecule has 4 rings (SSSR count). The molecule has 0 aliphatic carbocycles. The average Bonchev–Trinajstić information content (AvgIpc) is 3.11. The van der Waals surface area contributed by atoms with Gasteiger partial charge in [-0.2, -0.15) is 0 Å². The molecule has 1 amide bonds. The summed E-state index contributed by atoms with van der Waals surface area (Å²) in [5.41, 5.74) is 2.10. The smallest absolute Gasteiger partial charge is 0.303 e. The molecule has 1 saturated heterocycles. The number of carbonyl (C=O) groups excluding carboxylic acids is 1. The number of aliphatic carboxylic acids is 1. The molecule has 6 nitrogen and oxygen atoms in total. The fourth-order valence-corrected chi connectivity index (χ4v) is 4.14. The van der Waals surface area contributed by atoms with Gasteiger partial charge in [0.25, 0.3) is 5.91 Å². The topological polar surface area (TPSA) is 86.3 Å². The minimum Gasteiger partial charge on any atom is -0.481 e. The third-order valence-corrected chi connectivity index (χ3v) is 5.58. The minimum atomic E-state index is -0.838. The van der Waals surface area contributed by atoms with Gasteiger partial charge in [-0.3, -0.25) is 9.59 Å². The van der Waals surface area contributed by atoms with E-state index in [2.05, 4.69) is 9.97 Å². The number of hydrogen-bond acceptors (Lipinski definition) is 3. The van der Waals surface area contributed by atoms with E-state index in [1.807, 2.05) is 24.3 Å². The third-order valence-electron chi connectivity index (χ3n) is 5.58. The molecule has 7 heteroatoms. The lowest BCUT2D eigenvalue weighted by Gasteiger charge is -2.38. The number of aromatic amines is 1. The molecule has 0 spiro atoms. The van der Waals surface area contributed by atoms with Gasteiger partial charge >= 0.3 is 5.97 Å². The largest absolute Gasteiger partial charge is 0.481 e. The Morgan fingerprint density at radius 3 is 2.76 bits per heavy atom. The van der Waals surface area contributed by atoms with Crippen LogP contribution >= 0.6 is 0 Å². The van der Waals surface area contributed by atoms with E-state index in [1.165, 1.54) is 18.2 Å². The number of fused-ring (bicyclic) bond motifs is 1. The van der Waals surface area contributed by atoms with Crippen molar-refractivity contribution in [3.05, 3.63) is 65.7 Å². The Labute approximate surface area is 167 Å². The van der Waals surface area contributed by atoms with Crippen molar-refractivity contribution in [1.82, 2.24) is 14.9 Å². The number of amides is 1. The number of carboxylic acids is 1. The summed E-state index contributed by atoms with van der Waals surface area (Å²) in [5.74, 6) is -0.820. The van der Waals surface area contributed by atoms with Gasteiger partial charge in [-0.05, 0) is 48.6 Å². The minimum absolute atomic E-state index is 0.0436. The van der Waals surface area contributed by atoms with E-state index in [4.69, 9.17) is 0 Å². The molecule has 0 unspecified atom stereocenters. The Hall–Kier alpha value is -3.22. The summed E-state index contributed by atoms with van der Waals surface area (Å²) in [7, 11) is 0. The van der Waals surface area contributed by atoms with Crippen LogP contribution in [0.1, 0.15) is 29.0 Å². The number of rotatable bonds is 5. The number of benzene rings is 2. The van der Waals surface area contributed by atoms with Crippen LogP contribution < -0.4 is 0 Å². The highest BCUT2D eigenvalue weighted by Crippen LogP contribution is 2.30. The van der Waals surface area contributed by atoms with Gasteiger partial charge in [0.2, 0.25) is 0 Å². The van der Waals surface area contributed by atoms with Gasteiger partial charge in [0.05, 0.1) is 11.0 Å². The molecule has 1 aliphatic rings. The number of carboxylic acid groups (broad SMARTS) is 1. The Kier molecular flexibility index (Phi) is 5.29. The van der Waals surface area contributed by atoms with Gasteiger partial charge in [-0.1, -0.05) is 18.2 Å². The average molecular weight is 395 g/mol. The van der Waals surface area contributed by atoms with Crippen LogP contribution in [-0.2, 0) is 11.2 Å². The number of hydrogen-bond donors (Lipinski definition) is 2. The maximum Gasteiger partial charge on any atom is 0.303 e. The standard InChI is InChI=1S/C22H22FN3O3/c23-17-5-3-4-15(10-17)22(29)26-9-8-14(12-21(27)28)16(13-26)11-20-24-18-6-1-2-7-19(18)25-20/h1-7,10,14,16H,8-9,11-13H2,(H,24,25)(H,27,28)/t14-,16-/m0/s1. The summed E-state index contributed by atoms with van der Waals surface area (Å²) < 4.78 is 13.5. The van der Waals surface area contributed by atoms with Gasteiger partial charge in [0, 0.05) is 31.5 Å². The highest BCUT2D eigenvalue weighted by atomic mass is 19.1. The van der Waals surface area contributed by atoms with Crippen molar-refractivity contribution < 1.29 is 19.1 Å². The first-order valence-electron chi connectivity index (χ1n) is 9.70. The Morgan fingerprint density at radius 2 is 2.00 bits per heavy atom. The molecule has 1 fully saturated rings. The molecule has 1 aromatic heterocycles. The van der Waals surface area contributed by atoms with E-state index in [0.29, 0.717) is 31.5 Å². The summed E-state index contributed by atoms with van der Waals surface area (Å²) in [6, 6.07) is 13.4. The number of halogens is 1. The normalized spacial score (nSPS) is 19.4. The third kappa shape index (κ3) is 4.29. The first-order chi connectivity index (χ1) is 14.0. The van der Waals surface area contributed by atoms with Gasteiger partial charge in [-0.25, -0.2) is 9.37 Å². The molecule has 0 saturated carbocycles. The number of likely N-dealkylation sites (tertiary alicyclic amines) is 1. The number of imidazole rings is 1. The van der Waals surface area contributed by atoms with E-state index >= 15 is 0 Å². The first-order valence-corrected chi connectivity index (χ1v) is 9.70.